The lowest BCUT2D eigenvalue weighted by atomic mass is 10.1. The van der Waals surface area contributed by atoms with E-state index >= 15 is 0 Å². The third-order valence-corrected chi connectivity index (χ3v) is 3.55. The molecule has 4 nitrogen and oxygen atoms in total. The Morgan fingerprint density at radius 3 is 2.62 bits per heavy atom. The molecule has 2 aromatic carbocycles. The number of nitrogens with zero attached hydrogens (tertiary/aromatic N) is 2. The number of halogens is 1. The average Bonchev–Trinajstić information content (AvgIpc) is 2.51. The van der Waals surface area contributed by atoms with E-state index in [4.69, 9.17) is 11.6 Å². The lowest BCUT2D eigenvalue weighted by Crippen LogP contribution is -2.24. The maximum Gasteiger partial charge on any atom is 0.261 e. The summed E-state index contributed by atoms with van der Waals surface area (Å²) < 4.78 is 1.30. The highest BCUT2D eigenvalue weighted by molar-refractivity contribution is 6.33. The number of hydrogen-bond donors (Lipinski definition) is 0. The van der Waals surface area contributed by atoms with Crippen LogP contribution in [-0.2, 0) is 6.54 Å². The van der Waals surface area contributed by atoms with Gasteiger partial charge in [-0.15, -0.1) is 0 Å². The van der Waals surface area contributed by atoms with Gasteiger partial charge in [-0.25, -0.2) is 4.98 Å². The molecule has 0 bridgehead atoms. The van der Waals surface area contributed by atoms with E-state index in [0.717, 1.165) is 0 Å². The molecular formula is C16H11ClN2O2. The molecule has 0 aliphatic heterocycles. The Kier molecular flexibility index (Phi) is 3.54. The van der Waals surface area contributed by atoms with Gasteiger partial charge in [0.2, 0.25) is 0 Å². The topological polar surface area (TPSA) is 52.0 Å². The Balaban J connectivity index is 1.99. The molecule has 0 amide bonds. The van der Waals surface area contributed by atoms with E-state index in [1.54, 1.807) is 42.5 Å². The van der Waals surface area contributed by atoms with Gasteiger partial charge in [-0.2, -0.15) is 0 Å². The summed E-state index contributed by atoms with van der Waals surface area (Å²) in [7, 11) is 0. The largest absolute Gasteiger partial charge is 0.292 e. The van der Waals surface area contributed by atoms with Crippen LogP contribution in [0.25, 0.3) is 10.9 Å². The van der Waals surface area contributed by atoms with Crippen LogP contribution in [-0.4, -0.2) is 15.3 Å². The first kappa shape index (κ1) is 13.5. The first-order valence-electron chi connectivity index (χ1n) is 6.39. The van der Waals surface area contributed by atoms with Gasteiger partial charge in [-0.3, -0.25) is 14.2 Å². The zero-order valence-corrected chi connectivity index (χ0v) is 11.7. The molecule has 1 heterocycles. The summed E-state index contributed by atoms with van der Waals surface area (Å²) in [6, 6.07) is 13.8. The van der Waals surface area contributed by atoms with E-state index in [0.29, 0.717) is 21.5 Å². The van der Waals surface area contributed by atoms with Crippen LogP contribution in [0.15, 0.2) is 59.7 Å². The zero-order chi connectivity index (χ0) is 14.8. The van der Waals surface area contributed by atoms with Crippen molar-refractivity contribution in [2.45, 2.75) is 6.54 Å². The normalized spacial score (nSPS) is 10.7. The Labute approximate surface area is 125 Å². The van der Waals surface area contributed by atoms with E-state index in [1.807, 2.05) is 6.07 Å². The number of para-hydroxylation sites is 1. The van der Waals surface area contributed by atoms with E-state index in [9.17, 15) is 9.59 Å². The van der Waals surface area contributed by atoms with Crippen LogP contribution in [0.3, 0.4) is 0 Å². The molecule has 1 aromatic heterocycles. The SMILES string of the molecule is O=C(Cn1cnc2ccccc2c1=O)c1ccccc1Cl. The van der Waals surface area contributed by atoms with Crippen molar-refractivity contribution in [3.05, 3.63) is 75.8 Å². The lowest BCUT2D eigenvalue weighted by Gasteiger charge is -2.07. The number of benzene rings is 2. The number of carbonyl (C=O) groups excluding carboxylic acids is 1. The number of aromatic nitrogens is 2. The van der Waals surface area contributed by atoms with Crippen molar-refractivity contribution in [2.24, 2.45) is 0 Å². The molecule has 3 aromatic rings. The van der Waals surface area contributed by atoms with Crippen LogP contribution >= 0.6 is 11.6 Å². The van der Waals surface area contributed by atoms with Gasteiger partial charge in [-0.05, 0) is 24.3 Å². The number of carbonyl (C=O) groups is 1. The molecule has 5 heteroatoms. The van der Waals surface area contributed by atoms with Crippen molar-refractivity contribution in [3.63, 3.8) is 0 Å². The molecule has 0 spiro atoms. The van der Waals surface area contributed by atoms with E-state index < -0.39 is 0 Å². The van der Waals surface area contributed by atoms with Crippen molar-refractivity contribution < 1.29 is 4.79 Å². The number of hydrogen-bond acceptors (Lipinski definition) is 3. The fraction of sp³-hybridized carbons (Fsp3) is 0.0625. The Morgan fingerprint density at radius 1 is 1.10 bits per heavy atom. The molecule has 21 heavy (non-hydrogen) atoms. The highest BCUT2D eigenvalue weighted by Gasteiger charge is 2.12. The average molecular weight is 299 g/mol. The van der Waals surface area contributed by atoms with Gasteiger partial charge in [0.1, 0.15) is 0 Å². The Morgan fingerprint density at radius 2 is 1.81 bits per heavy atom. The van der Waals surface area contributed by atoms with E-state index in [1.165, 1.54) is 10.9 Å². The van der Waals surface area contributed by atoms with Gasteiger partial charge in [0.25, 0.3) is 5.56 Å². The number of ketones is 1. The van der Waals surface area contributed by atoms with Gasteiger partial charge in [0.15, 0.2) is 5.78 Å². The summed E-state index contributed by atoms with van der Waals surface area (Å²) in [5.41, 5.74) is 0.782. The van der Waals surface area contributed by atoms with Crippen LogP contribution in [0.5, 0.6) is 0 Å². The molecule has 0 atom stereocenters. The molecular weight excluding hydrogens is 288 g/mol. The molecule has 0 saturated heterocycles. The number of rotatable bonds is 3. The summed E-state index contributed by atoms with van der Waals surface area (Å²) in [5, 5.41) is 0.872. The molecule has 0 unspecified atom stereocenters. The second kappa shape index (κ2) is 5.50. The Bertz CT molecular complexity index is 887. The van der Waals surface area contributed by atoms with Crippen LogP contribution in [0.4, 0.5) is 0 Å². The van der Waals surface area contributed by atoms with Crippen LogP contribution in [0.2, 0.25) is 5.02 Å². The fourth-order valence-electron chi connectivity index (χ4n) is 2.15. The maximum atomic E-state index is 12.3. The predicted octanol–water partition coefficient (Wildman–Crippen LogP) is 2.93. The van der Waals surface area contributed by atoms with Crippen molar-refractivity contribution in [2.75, 3.05) is 0 Å². The second-order valence-corrected chi connectivity index (χ2v) is 5.00. The van der Waals surface area contributed by atoms with Crippen LogP contribution in [0, 0.1) is 0 Å². The van der Waals surface area contributed by atoms with Crippen molar-refractivity contribution in [1.29, 1.82) is 0 Å². The first-order valence-corrected chi connectivity index (χ1v) is 6.76. The standard InChI is InChI=1S/C16H11ClN2O2/c17-13-7-3-1-5-11(13)15(20)9-19-10-18-14-8-4-2-6-12(14)16(19)21/h1-8,10H,9H2. The maximum absolute atomic E-state index is 12.3. The Hall–Kier alpha value is -2.46. The minimum atomic E-state index is -0.235. The smallest absolute Gasteiger partial charge is 0.261 e. The molecule has 0 saturated carbocycles. The van der Waals surface area contributed by atoms with Crippen LogP contribution in [0.1, 0.15) is 10.4 Å². The fourth-order valence-corrected chi connectivity index (χ4v) is 2.39. The first-order chi connectivity index (χ1) is 10.2. The summed E-state index contributed by atoms with van der Waals surface area (Å²) in [6.45, 7) is -0.0829. The van der Waals surface area contributed by atoms with Crippen molar-refractivity contribution in [1.82, 2.24) is 9.55 Å². The number of fused-ring (bicyclic) bond motifs is 1. The molecule has 3 rings (SSSR count). The third kappa shape index (κ3) is 2.58. The highest BCUT2D eigenvalue weighted by atomic mass is 35.5. The highest BCUT2D eigenvalue weighted by Crippen LogP contribution is 2.16. The number of Topliss-reactive ketones (excluding diaryl/α,β-unsaturated/α-hetero) is 1. The third-order valence-electron chi connectivity index (χ3n) is 3.22. The van der Waals surface area contributed by atoms with Gasteiger partial charge in [0.05, 0.1) is 28.8 Å². The molecule has 0 fully saturated rings. The van der Waals surface area contributed by atoms with Crippen molar-refractivity contribution >= 4 is 28.3 Å². The van der Waals surface area contributed by atoms with Crippen LogP contribution < -0.4 is 5.56 Å². The molecule has 104 valence electrons. The summed E-state index contributed by atoms with van der Waals surface area (Å²) >= 11 is 6.00. The van der Waals surface area contributed by atoms with Gasteiger partial charge in [0, 0.05) is 5.56 Å². The zero-order valence-electron chi connectivity index (χ0n) is 11.0. The minimum absolute atomic E-state index is 0.0829. The van der Waals surface area contributed by atoms with Crippen molar-refractivity contribution in [3.8, 4) is 0 Å². The molecule has 0 aliphatic rings. The summed E-state index contributed by atoms with van der Waals surface area (Å²) in [5.74, 6) is -0.222. The molecule has 0 N–H and O–H groups in total. The summed E-state index contributed by atoms with van der Waals surface area (Å²) in [4.78, 5) is 28.8. The molecule has 0 aliphatic carbocycles. The van der Waals surface area contributed by atoms with Gasteiger partial charge < -0.3 is 0 Å². The minimum Gasteiger partial charge on any atom is -0.292 e. The van der Waals surface area contributed by atoms with Gasteiger partial charge >= 0.3 is 0 Å². The quantitative estimate of drug-likeness (QED) is 0.699. The summed E-state index contributed by atoms with van der Waals surface area (Å²) in [6.07, 6.45) is 1.39. The van der Waals surface area contributed by atoms with E-state index in [2.05, 4.69) is 4.98 Å². The lowest BCUT2D eigenvalue weighted by molar-refractivity contribution is 0.0971. The monoisotopic (exact) mass is 298 g/mol. The van der Waals surface area contributed by atoms with Gasteiger partial charge in [-0.1, -0.05) is 35.9 Å². The molecule has 0 radical (unpaired) electrons. The van der Waals surface area contributed by atoms with E-state index in [-0.39, 0.29) is 17.9 Å². The predicted molar refractivity (Wildman–Crippen MR) is 81.8 cm³/mol. The second-order valence-electron chi connectivity index (χ2n) is 4.60.